The van der Waals surface area contributed by atoms with Gasteiger partial charge in [-0.2, -0.15) is 0 Å². The van der Waals surface area contributed by atoms with E-state index in [0.29, 0.717) is 16.7 Å². The summed E-state index contributed by atoms with van der Waals surface area (Å²) >= 11 is 0. The lowest BCUT2D eigenvalue weighted by atomic mass is 10.0. The van der Waals surface area contributed by atoms with Crippen molar-refractivity contribution in [2.75, 3.05) is 0 Å². The van der Waals surface area contributed by atoms with E-state index < -0.39 is 0 Å². The first-order valence-corrected chi connectivity index (χ1v) is 8.27. The van der Waals surface area contributed by atoms with Crippen LogP contribution in [0, 0.1) is 0 Å². The SMILES string of the molecule is Cn1c(/C=C/c2ncc(C3=CC=CCC3)[nH]2)nc2ccccc2c1=O. The number of H-pyrrole nitrogens is 1. The molecule has 0 atom stereocenters. The highest BCUT2D eigenvalue weighted by molar-refractivity contribution is 5.79. The number of hydrogen-bond donors (Lipinski definition) is 1. The molecule has 0 saturated carbocycles. The van der Waals surface area contributed by atoms with Crippen molar-refractivity contribution in [2.24, 2.45) is 7.05 Å². The summed E-state index contributed by atoms with van der Waals surface area (Å²) in [5.41, 5.74) is 2.93. The maximum absolute atomic E-state index is 12.4. The Morgan fingerprint density at radius 3 is 2.96 bits per heavy atom. The summed E-state index contributed by atoms with van der Waals surface area (Å²) < 4.78 is 1.55. The molecule has 1 aliphatic rings. The van der Waals surface area contributed by atoms with Crippen LogP contribution < -0.4 is 5.56 Å². The van der Waals surface area contributed by atoms with Crippen LogP contribution in [0.2, 0.25) is 0 Å². The molecular weight excluding hydrogens is 312 g/mol. The lowest BCUT2D eigenvalue weighted by Gasteiger charge is -2.05. The summed E-state index contributed by atoms with van der Waals surface area (Å²) in [4.78, 5) is 24.7. The molecule has 5 nitrogen and oxygen atoms in total. The second-order valence-corrected chi connectivity index (χ2v) is 6.03. The average Bonchev–Trinajstić information content (AvgIpc) is 3.13. The highest BCUT2D eigenvalue weighted by Gasteiger charge is 2.07. The molecule has 3 aromatic rings. The van der Waals surface area contributed by atoms with Crippen LogP contribution >= 0.6 is 0 Å². The first-order chi connectivity index (χ1) is 12.2. The maximum atomic E-state index is 12.4. The van der Waals surface area contributed by atoms with Crippen LogP contribution in [0.5, 0.6) is 0 Å². The number of aromatic amines is 1. The van der Waals surface area contributed by atoms with Crippen molar-refractivity contribution >= 4 is 28.6 Å². The van der Waals surface area contributed by atoms with Crippen molar-refractivity contribution in [1.29, 1.82) is 0 Å². The van der Waals surface area contributed by atoms with Crippen molar-refractivity contribution in [1.82, 2.24) is 19.5 Å². The van der Waals surface area contributed by atoms with Gasteiger partial charge in [-0.25, -0.2) is 9.97 Å². The second-order valence-electron chi connectivity index (χ2n) is 6.03. The third kappa shape index (κ3) is 2.96. The first kappa shape index (κ1) is 15.3. The number of para-hydroxylation sites is 1. The monoisotopic (exact) mass is 330 g/mol. The van der Waals surface area contributed by atoms with Gasteiger partial charge in [-0.3, -0.25) is 9.36 Å². The second kappa shape index (κ2) is 6.36. The van der Waals surface area contributed by atoms with E-state index in [2.05, 4.69) is 33.2 Å². The van der Waals surface area contributed by atoms with E-state index in [-0.39, 0.29) is 5.56 Å². The minimum Gasteiger partial charge on any atom is -0.339 e. The molecule has 0 spiro atoms. The molecule has 5 heteroatoms. The minimum absolute atomic E-state index is 0.0514. The fourth-order valence-electron chi connectivity index (χ4n) is 2.95. The van der Waals surface area contributed by atoms with Crippen LogP contribution in [0.25, 0.3) is 28.6 Å². The number of nitrogens with one attached hydrogen (secondary N) is 1. The van der Waals surface area contributed by atoms with Crippen molar-refractivity contribution in [3.8, 4) is 0 Å². The molecule has 0 saturated heterocycles. The Labute approximate surface area is 145 Å². The Morgan fingerprint density at radius 2 is 2.12 bits per heavy atom. The molecule has 124 valence electrons. The van der Waals surface area contributed by atoms with Gasteiger partial charge >= 0.3 is 0 Å². The number of aromatic nitrogens is 4. The summed E-state index contributed by atoms with van der Waals surface area (Å²) in [7, 11) is 1.73. The first-order valence-electron chi connectivity index (χ1n) is 8.27. The van der Waals surface area contributed by atoms with E-state index in [1.165, 1.54) is 5.57 Å². The summed E-state index contributed by atoms with van der Waals surface area (Å²) in [5, 5.41) is 0.625. The summed E-state index contributed by atoms with van der Waals surface area (Å²) in [6.07, 6.45) is 13.9. The van der Waals surface area contributed by atoms with Gasteiger partial charge in [0.15, 0.2) is 0 Å². The van der Waals surface area contributed by atoms with Crippen molar-refractivity contribution in [2.45, 2.75) is 12.8 Å². The molecule has 0 aliphatic heterocycles. The predicted octanol–water partition coefficient (Wildman–Crippen LogP) is 3.56. The predicted molar refractivity (Wildman–Crippen MR) is 101 cm³/mol. The zero-order valence-electron chi connectivity index (χ0n) is 13.9. The quantitative estimate of drug-likeness (QED) is 0.798. The molecule has 0 amide bonds. The van der Waals surface area contributed by atoms with Crippen molar-refractivity contribution < 1.29 is 0 Å². The van der Waals surface area contributed by atoms with Gasteiger partial charge in [0, 0.05) is 7.05 Å². The van der Waals surface area contributed by atoms with Crippen molar-refractivity contribution in [3.05, 3.63) is 76.4 Å². The fraction of sp³-hybridized carbons (Fsp3) is 0.150. The van der Waals surface area contributed by atoms with E-state index >= 15 is 0 Å². The molecule has 0 bridgehead atoms. The number of hydrogen-bond acceptors (Lipinski definition) is 3. The van der Waals surface area contributed by atoms with Crippen LogP contribution in [-0.4, -0.2) is 19.5 Å². The largest absolute Gasteiger partial charge is 0.339 e. The van der Waals surface area contributed by atoms with Gasteiger partial charge in [-0.1, -0.05) is 30.4 Å². The van der Waals surface area contributed by atoms with E-state index in [9.17, 15) is 4.79 Å². The van der Waals surface area contributed by atoms with Gasteiger partial charge in [-0.05, 0) is 42.7 Å². The normalized spacial score (nSPS) is 14.4. The van der Waals surface area contributed by atoms with Gasteiger partial charge in [0.05, 0.1) is 22.8 Å². The number of imidazole rings is 1. The number of rotatable bonds is 3. The lowest BCUT2D eigenvalue weighted by molar-refractivity contribution is 0.828. The Bertz CT molecular complexity index is 1080. The molecule has 0 unspecified atom stereocenters. The van der Waals surface area contributed by atoms with Crippen LogP contribution in [0.15, 0.2) is 53.5 Å². The van der Waals surface area contributed by atoms with Gasteiger partial charge in [-0.15, -0.1) is 0 Å². The Balaban J connectivity index is 1.66. The standard InChI is InChI=1S/C20H18N4O/c1-24-19(23-16-10-6-5-9-15(16)20(24)25)12-11-18-21-13-17(22-18)14-7-3-2-4-8-14/h2-3,5-7,9-13H,4,8H2,1H3,(H,21,22)/b12-11+. The van der Waals surface area contributed by atoms with E-state index in [1.807, 2.05) is 36.5 Å². The smallest absolute Gasteiger partial charge is 0.261 e. The molecular formula is C20H18N4O. The van der Waals surface area contributed by atoms with Gasteiger partial charge in [0.25, 0.3) is 5.56 Å². The number of benzene rings is 1. The van der Waals surface area contributed by atoms with E-state index in [1.54, 1.807) is 17.7 Å². The zero-order chi connectivity index (χ0) is 17.2. The number of fused-ring (bicyclic) bond motifs is 1. The molecule has 1 aliphatic carbocycles. The molecule has 1 N–H and O–H groups in total. The van der Waals surface area contributed by atoms with Crippen LogP contribution in [0.1, 0.15) is 30.2 Å². The van der Waals surface area contributed by atoms with Crippen molar-refractivity contribution in [3.63, 3.8) is 0 Å². The Morgan fingerprint density at radius 1 is 1.24 bits per heavy atom. The summed E-state index contributed by atoms with van der Waals surface area (Å²) in [5.74, 6) is 1.34. The number of nitrogens with zero attached hydrogens (tertiary/aromatic N) is 3. The molecule has 0 fully saturated rings. The molecule has 0 radical (unpaired) electrons. The summed E-state index contributed by atoms with van der Waals surface area (Å²) in [6.45, 7) is 0. The molecule has 2 aromatic heterocycles. The van der Waals surface area contributed by atoms with Gasteiger partial charge < -0.3 is 4.98 Å². The topological polar surface area (TPSA) is 63.6 Å². The lowest BCUT2D eigenvalue weighted by Crippen LogP contribution is -2.20. The zero-order valence-corrected chi connectivity index (χ0v) is 13.9. The van der Waals surface area contributed by atoms with E-state index in [4.69, 9.17) is 0 Å². The molecule has 1 aromatic carbocycles. The third-order valence-corrected chi connectivity index (χ3v) is 4.36. The maximum Gasteiger partial charge on any atom is 0.261 e. The van der Waals surface area contributed by atoms with Crippen LogP contribution in [0.4, 0.5) is 0 Å². The fourth-order valence-corrected chi connectivity index (χ4v) is 2.95. The van der Waals surface area contributed by atoms with Gasteiger partial charge in [0.1, 0.15) is 11.6 Å². The van der Waals surface area contributed by atoms with Gasteiger partial charge in [0.2, 0.25) is 0 Å². The highest BCUT2D eigenvalue weighted by atomic mass is 16.1. The van der Waals surface area contributed by atoms with Crippen LogP contribution in [0.3, 0.4) is 0 Å². The number of allylic oxidation sites excluding steroid dienone is 4. The molecule has 25 heavy (non-hydrogen) atoms. The molecule has 4 rings (SSSR count). The molecule has 2 heterocycles. The Hall–Kier alpha value is -3.21. The van der Waals surface area contributed by atoms with Crippen LogP contribution in [-0.2, 0) is 7.05 Å². The highest BCUT2D eigenvalue weighted by Crippen LogP contribution is 2.22. The third-order valence-electron chi connectivity index (χ3n) is 4.36. The Kier molecular flexibility index (Phi) is 3.90. The minimum atomic E-state index is -0.0514. The van der Waals surface area contributed by atoms with E-state index in [0.717, 1.165) is 24.4 Å². The summed E-state index contributed by atoms with van der Waals surface area (Å²) in [6, 6.07) is 7.37. The average molecular weight is 330 g/mol.